The maximum atomic E-state index is 10.6. The number of rotatable bonds is 2. The van der Waals surface area contributed by atoms with Crippen LogP contribution in [0.2, 0.25) is 0 Å². The van der Waals surface area contributed by atoms with Crippen molar-refractivity contribution in [3.63, 3.8) is 0 Å². The van der Waals surface area contributed by atoms with E-state index in [-0.39, 0.29) is 29.6 Å². The van der Waals surface area contributed by atoms with Crippen LogP contribution in [0.25, 0.3) is 0 Å². The molecule has 15 heavy (non-hydrogen) atoms. The first kappa shape index (κ1) is 14.3. The van der Waals surface area contributed by atoms with Gasteiger partial charge in [-0.15, -0.1) is 0 Å². The summed E-state index contributed by atoms with van der Waals surface area (Å²) in [5, 5.41) is 10.4. The van der Waals surface area contributed by atoms with E-state index in [1.807, 2.05) is 0 Å². The Hall–Kier alpha value is -0.670. The normalized spacial score (nSPS) is 10.5. The summed E-state index contributed by atoms with van der Waals surface area (Å²) in [4.78, 5) is 8.41. The molecule has 0 aliphatic carbocycles. The molecular formula is C6H5N2NaO5S. The van der Waals surface area contributed by atoms with Crippen molar-refractivity contribution in [3.8, 4) is 0 Å². The maximum absolute atomic E-state index is 10.6. The summed E-state index contributed by atoms with van der Waals surface area (Å²) in [5.41, 5.74) is 3.93. The Bertz CT molecular complexity index is 486. The third kappa shape index (κ3) is 3.14. The number of hydrogen-bond acceptors (Lipinski definition) is 6. The molecule has 9 heteroatoms. The van der Waals surface area contributed by atoms with Crippen molar-refractivity contribution in [1.82, 2.24) is 0 Å². The first-order valence-corrected chi connectivity index (χ1v) is 4.73. The van der Waals surface area contributed by atoms with Gasteiger partial charge in [0.1, 0.15) is 10.1 Å². The Morgan fingerprint density at radius 2 is 1.87 bits per heavy atom. The summed E-state index contributed by atoms with van der Waals surface area (Å²) in [6, 6.07) is 3.21. The SMILES string of the molecule is Nc1cccc([N+](=O)[O-])c1S(=O)(=O)[O-].[Na+]. The van der Waals surface area contributed by atoms with Gasteiger partial charge in [0, 0.05) is 6.07 Å². The molecule has 0 heterocycles. The first-order chi connectivity index (χ1) is 6.34. The van der Waals surface area contributed by atoms with E-state index in [1.165, 1.54) is 6.07 Å². The molecule has 0 aliphatic heterocycles. The topological polar surface area (TPSA) is 126 Å². The van der Waals surface area contributed by atoms with Crippen LogP contribution in [0, 0.1) is 10.1 Å². The third-order valence-corrected chi connectivity index (χ3v) is 2.42. The van der Waals surface area contributed by atoms with E-state index in [2.05, 4.69) is 0 Å². The summed E-state index contributed by atoms with van der Waals surface area (Å²) in [5.74, 6) is 0. The quantitative estimate of drug-likeness (QED) is 0.194. The van der Waals surface area contributed by atoms with Crippen LogP contribution < -0.4 is 35.3 Å². The fourth-order valence-corrected chi connectivity index (χ4v) is 1.71. The van der Waals surface area contributed by atoms with Crippen molar-refractivity contribution >= 4 is 21.5 Å². The Balaban J connectivity index is 0.00000196. The molecule has 1 rings (SSSR count). The van der Waals surface area contributed by atoms with Crippen molar-refractivity contribution in [1.29, 1.82) is 0 Å². The molecule has 0 amide bonds. The second-order valence-electron chi connectivity index (χ2n) is 2.41. The molecule has 0 bridgehead atoms. The number of nitrogen functional groups attached to an aromatic ring is 1. The van der Waals surface area contributed by atoms with Crippen molar-refractivity contribution in [3.05, 3.63) is 28.3 Å². The number of nitro groups is 1. The second kappa shape index (κ2) is 4.90. The van der Waals surface area contributed by atoms with Gasteiger partial charge in [0.15, 0.2) is 4.90 Å². The molecule has 0 saturated carbocycles. The van der Waals surface area contributed by atoms with Gasteiger partial charge in [-0.3, -0.25) is 10.1 Å². The zero-order valence-electron chi connectivity index (χ0n) is 7.71. The summed E-state index contributed by atoms with van der Waals surface area (Å²) in [6.45, 7) is 0. The fraction of sp³-hybridized carbons (Fsp3) is 0. The third-order valence-electron chi connectivity index (χ3n) is 1.47. The van der Waals surface area contributed by atoms with E-state index in [9.17, 15) is 23.1 Å². The fourth-order valence-electron chi connectivity index (χ4n) is 0.958. The molecule has 0 fully saturated rings. The predicted octanol–water partition coefficient (Wildman–Crippen LogP) is -2.91. The van der Waals surface area contributed by atoms with Crippen molar-refractivity contribution in [2.24, 2.45) is 0 Å². The molecule has 76 valence electrons. The Kier molecular flexibility index (Phi) is 4.68. The van der Waals surface area contributed by atoms with E-state index >= 15 is 0 Å². The van der Waals surface area contributed by atoms with Gasteiger partial charge < -0.3 is 10.3 Å². The van der Waals surface area contributed by atoms with Crippen LogP contribution in [0.5, 0.6) is 0 Å². The minimum Gasteiger partial charge on any atom is -0.744 e. The van der Waals surface area contributed by atoms with E-state index in [4.69, 9.17) is 5.73 Å². The molecule has 0 radical (unpaired) electrons. The average molecular weight is 240 g/mol. The van der Waals surface area contributed by atoms with Crippen LogP contribution in [0.4, 0.5) is 11.4 Å². The number of nitrogens with two attached hydrogens (primary N) is 1. The Morgan fingerprint density at radius 1 is 1.33 bits per heavy atom. The monoisotopic (exact) mass is 240 g/mol. The molecule has 0 aromatic heterocycles. The standard InChI is InChI=1S/C6H6N2O5S.Na/c7-4-2-1-3-5(8(9)10)6(4)14(11,12)13;/h1-3H,7H2,(H,11,12,13);/q;+1/p-1. The largest absolute Gasteiger partial charge is 1.00 e. The number of benzene rings is 1. The Labute approximate surface area is 107 Å². The minimum absolute atomic E-state index is 0. The minimum atomic E-state index is -4.93. The zero-order chi connectivity index (χ0) is 10.9. The van der Waals surface area contributed by atoms with Crippen molar-refractivity contribution in [2.75, 3.05) is 5.73 Å². The summed E-state index contributed by atoms with van der Waals surface area (Å²) in [6.07, 6.45) is 0. The van der Waals surface area contributed by atoms with E-state index < -0.39 is 31.3 Å². The molecule has 0 aliphatic rings. The summed E-state index contributed by atoms with van der Waals surface area (Å²) >= 11 is 0. The van der Waals surface area contributed by atoms with Gasteiger partial charge in [0.25, 0.3) is 5.69 Å². The molecular weight excluding hydrogens is 235 g/mol. The maximum Gasteiger partial charge on any atom is 1.00 e. The molecule has 0 atom stereocenters. The molecule has 0 unspecified atom stereocenters. The van der Waals surface area contributed by atoms with Crippen LogP contribution in [0.1, 0.15) is 0 Å². The average Bonchev–Trinajstić information content (AvgIpc) is 2.01. The predicted molar refractivity (Wildman–Crippen MR) is 45.5 cm³/mol. The molecule has 1 aromatic rings. The van der Waals surface area contributed by atoms with Gasteiger partial charge in [-0.2, -0.15) is 0 Å². The van der Waals surface area contributed by atoms with E-state index in [0.717, 1.165) is 12.1 Å². The smallest absolute Gasteiger partial charge is 0.744 e. The van der Waals surface area contributed by atoms with Gasteiger partial charge in [-0.25, -0.2) is 8.42 Å². The van der Waals surface area contributed by atoms with Crippen LogP contribution in [-0.4, -0.2) is 17.9 Å². The number of nitrogens with zero attached hydrogens (tertiary/aromatic N) is 1. The molecule has 2 N–H and O–H groups in total. The van der Waals surface area contributed by atoms with Crippen molar-refractivity contribution < 1.29 is 47.5 Å². The van der Waals surface area contributed by atoms with E-state index in [0.29, 0.717) is 0 Å². The van der Waals surface area contributed by atoms with Crippen LogP contribution in [-0.2, 0) is 10.1 Å². The number of anilines is 1. The summed E-state index contributed by atoms with van der Waals surface area (Å²) in [7, 11) is -4.93. The first-order valence-electron chi connectivity index (χ1n) is 3.33. The van der Waals surface area contributed by atoms with Crippen LogP contribution in [0.15, 0.2) is 23.1 Å². The second-order valence-corrected chi connectivity index (χ2v) is 3.72. The van der Waals surface area contributed by atoms with Crippen LogP contribution in [0.3, 0.4) is 0 Å². The van der Waals surface area contributed by atoms with Gasteiger partial charge in [0.2, 0.25) is 0 Å². The van der Waals surface area contributed by atoms with E-state index in [1.54, 1.807) is 0 Å². The zero-order valence-corrected chi connectivity index (χ0v) is 10.5. The number of nitro benzene ring substituents is 1. The van der Waals surface area contributed by atoms with Gasteiger partial charge >= 0.3 is 29.6 Å². The molecule has 7 nitrogen and oxygen atoms in total. The molecule has 1 aromatic carbocycles. The number of hydrogen-bond donors (Lipinski definition) is 1. The van der Waals surface area contributed by atoms with Crippen molar-refractivity contribution in [2.45, 2.75) is 4.90 Å². The van der Waals surface area contributed by atoms with Crippen LogP contribution >= 0.6 is 0 Å². The summed E-state index contributed by atoms with van der Waals surface area (Å²) < 4.78 is 31.9. The van der Waals surface area contributed by atoms with Gasteiger partial charge in [-0.05, 0) is 6.07 Å². The molecule has 0 saturated heterocycles. The van der Waals surface area contributed by atoms with Gasteiger partial charge in [-0.1, -0.05) is 6.07 Å². The molecule has 0 spiro atoms. The Morgan fingerprint density at radius 3 is 2.20 bits per heavy atom. The van der Waals surface area contributed by atoms with Gasteiger partial charge in [0.05, 0.1) is 10.6 Å².